The molecule has 0 radical (unpaired) electrons. The number of aryl methyl sites for hydroxylation is 3. The van der Waals surface area contributed by atoms with Crippen molar-refractivity contribution in [2.24, 2.45) is 0 Å². The molecule has 0 saturated heterocycles. The summed E-state index contributed by atoms with van der Waals surface area (Å²) in [6.07, 6.45) is 1.63. The maximum absolute atomic E-state index is 4.61. The molecule has 0 aliphatic carbocycles. The van der Waals surface area contributed by atoms with Crippen LogP contribution in [0.15, 0.2) is 42.7 Å². The van der Waals surface area contributed by atoms with Gasteiger partial charge in [-0.2, -0.15) is 5.10 Å². The van der Waals surface area contributed by atoms with Crippen molar-refractivity contribution in [1.82, 2.24) is 24.3 Å². The predicted octanol–water partition coefficient (Wildman–Crippen LogP) is 3.90. The van der Waals surface area contributed by atoms with Crippen molar-refractivity contribution in [3.8, 4) is 5.82 Å². The minimum atomic E-state index is 0.796. The number of benzene rings is 1. The van der Waals surface area contributed by atoms with Gasteiger partial charge in [-0.3, -0.25) is 0 Å². The highest BCUT2D eigenvalue weighted by molar-refractivity contribution is 5.88. The van der Waals surface area contributed by atoms with Crippen LogP contribution in [0.4, 0.5) is 0 Å². The molecule has 4 aromatic rings. The summed E-state index contributed by atoms with van der Waals surface area (Å²) >= 11 is 0. The molecule has 3 aromatic heterocycles. The average molecular weight is 331 g/mol. The molecule has 4 rings (SSSR count). The van der Waals surface area contributed by atoms with Gasteiger partial charge in [0.05, 0.1) is 11.1 Å². The lowest BCUT2D eigenvalue weighted by Crippen LogP contribution is -2.05. The molecule has 0 saturated carbocycles. The molecule has 25 heavy (non-hydrogen) atoms. The summed E-state index contributed by atoms with van der Waals surface area (Å²) in [5.74, 6) is 0.850. The van der Waals surface area contributed by atoms with Crippen molar-refractivity contribution in [2.75, 3.05) is 0 Å². The Labute approximate surface area is 147 Å². The Morgan fingerprint density at radius 3 is 2.40 bits per heavy atom. The first kappa shape index (κ1) is 15.6. The van der Waals surface area contributed by atoms with E-state index in [2.05, 4.69) is 70.7 Å². The van der Waals surface area contributed by atoms with Crippen molar-refractivity contribution in [3.05, 3.63) is 70.9 Å². The van der Waals surface area contributed by atoms with Crippen molar-refractivity contribution in [2.45, 2.75) is 34.2 Å². The minimum absolute atomic E-state index is 0.796. The standard InChI is InChI=1S/C20H21N5/c1-13-10-14(2)25(23-13)20-18-15(3)16(4)24(19(18)21-12-22-20)11-17-8-6-5-7-9-17/h5-10,12H,11H2,1-4H3. The van der Waals surface area contributed by atoms with Gasteiger partial charge in [-0.15, -0.1) is 0 Å². The summed E-state index contributed by atoms with van der Waals surface area (Å²) < 4.78 is 4.18. The van der Waals surface area contributed by atoms with E-state index in [0.29, 0.717) is 0 Å². The molecule has 0 N–H and O–H groups in total. The third kappa shape index (κ3) is 2.52. The molecule has 3 heterocycles. The Morgan fingerprint density at radius 2 is 1.72 bits per heavy atom. The second-order valence-electron chi connectivity index (χ2n) is 6.52. The lowest BCUT2D eigenvalue weighted by atomic mass is 10.2. The number of nitrogens with zero attached hydrogens (tertiary/aromatic N) is 5. The van der Waals surface area contributed by atoms with E-state index in [1.165, 1.54) is 16.8 Å². The van der Waals surface area contributed by atoms with Crippen LogP contribution in [0.25, 0.3) is 16.9 Å². The number of hydrogen-bond donors (Lipinski definition) is 0. The largest absolute Gasteiger partial charge is 0.325 e. The molecule has 0 aliphatic rings. The summed E-state index contributed by atoms with van der Waals surface area (Å²) in [4.78, 5) is 9.14. The maximum Gasteiger partial charge on any atom is 0.166 e. The van der Waals surface area contributed by atoms with E-state index in [0.717, 1.165) is 34.8 Å². The summed E-state index contributed by atoms with van der Waals surface area (Å²) in [5.41, 5.74) is 6.69. The van der Waals surface area contributed by atoms with Crippen LogP contribution >= 0.6 is 0 Å². The van der Waals surface area contributed by atoms with Gasteiger partial charge < -0.3 is 4.57 Å². The number of fused-ring (bicyclic) bond motifs is 1. The molecule has 0 aliphatic heterocycles. The highest BCUT2D eigenvalue weighted by Crippen LogP contribution is 2.29. The topological polar surface area (TPSA) is 48.5 Å². The van der Waals surface area contributed by atoms with Crippen molar-refractivity contribution >= 4 is 11.0 Å². The molecular weight excluding hydrogens is 310 g/mol. The maximum atomic E-state index is 4.61. The van der Waals surface area contributed by atoms with Gasteiger partial charge in [0.15, 0.2) is 5.82 Å². The average Bonchev–Trinajstić information content (AvgIpc) is 3.07. The van der Waals surface area contributed by atoms with Crippen LogP contribution in [-0.2, 0) is 6.54 Å². The number of hydrogen-bond acceptors (Lipinski definition) is 3. The molecule has 0 bridgehead atoms. The fourth-order valence-electron chi connectivity index (χ4n) is 3.41. The van der Waals surface area contributed by atoms with Crippen LogP contribution in [0, 0.1) is 27.7 Å². The van der Waals surface area contributed by atoms with Crippen LogP contribution in [0.5, 0.6) is 0 Å². The van der Waals surface area contributed by atoms with E-state index in [4.69, 9.17) is 0 Å². The second-order valence-corrected chi connectivity index (χ2v) is 6.52. The van der Waals surface area contributed by atoms with E-state index in [9.17, 15) is 0 Å². The minimum Gasteiger partial charge on any atom is -0.325 e. The van der Waals surface area contributed by atoms with Crippen molar-refractivity contribution < 1.29 is 0 Å². The van der Waals surface area contributed by atoms with E-state index >= 15 is 0 Å². The second kappa shape index (κ2) is 5.84. The Hall–Kier alpha value is -2.95. The number of rotatable bonds is 3. The van der Waals surface area contributed by atoms with Gasteiger partial charge in [-0.25, -0.2) is 14.6 Å². The SMILES string of the molecule is Cc1cc(C)n(-c2ncnc3c2c(C)c(C)n3Cc2ccccc2)n1. The zero-order chi connectivity index (χ0) is 17.6. The Morgan fingerprint density at radius 1 is 0.960 bits per heavy atom. The van der Waals surface area contributed by atoms with Gasteiger partial charge in [-0.05, 0) is 44.9 Å². The van der Waals surface area contributed by atoms with Crippen LogP contribution in [-0.4, -0.2) is 24.3 Å². The van der Waals surface area contributed by atoms with Gasteiger partial charge in [0.2, 0.25) is 0 Å². The highest BCUT2D eigenvalue weighted by Gasteiger charge is 2.19. The molecule has 0 spiro atoms. The Bertz CT molecular complexity index is 1060. The molecule has 5 heteroatoms. The summed E-state index contributed by atoms with van der Waals surface area (Å²) in [6.45, 7) is 9.13. The smallest absolute Gasteiger partial charge is 0.166 e. The fraction of sp³-hybridized carbons (Fsp3) is 0.250. The molecule has 0 fully saturated rings. The van der Waals surface area contributed by atoms with Gasteiger partial charge in [-0.1, -0.05) is 30.3 Å². The van der Waals surface area contributed by atoms with E-state index < -0.39 is 0 Å². The Balaban J connectivity index is 1.94. The molecule has 126 valence electrons. The molecule has 0 amide bonds. The first-order chi connectivity index (χ1) is 12.1. The molecule has 1 aromatic carbocycles. The highest BCUT2D eigenvalue weighted by atomic mass is 15.3. The van der Waals surface area contributed by atoms with Gasteiger partial charge in [0, 0.05) is 17.9 Å². The number of aromatic nitrogens is 5. The first-order valence-electron chi connectivity index (χ1n) is 8.44. The molecular formula is C20H21N5. The van der Waals surface area contributed by atoms with Crippen LogP contribution < -0.4 is 0 Å². The predicted molar refractivity (Wildman–Crippen MR) is 99.1 cm³/mol. The summed E-state index contributed by atoms with van der Waals surface area (Å²) in [7, 11) is 0. The molecule has 0 unspecified atom stereocenters. The quantitative estimate of drug-likeness (QED) is 0.572. The zero-order valence-electron chi connectivity index (χ0n) is 15.0. The van der Waals surface area contributed by atoms with Crippen LogP contribution in [0.3, 0.4) is 0 Å². The monoisotopic (exact) mass is 331 g/mol. The zero-order valence-corrected chi connectivity index (χ0v) is 15.0. The van der Waals surface area contributed by atoms with Crippen molar-refractivity contribution in [1.29, 1.82) is 0 Å². The fourth-order valence-corrected chi connectivity index (χ4v) is 3.41. The summed E-state index contributed by atoms with van der Waals surface area (Å²) in [6, 6.07) is 12.5. The lowest BCUT2D eigenvalue weighted by Gasteiger charge is -2.08. The lowest BCUT2D eigenvalue weighted by molar-refractivity contribution is 0.784. The van der Waals surface area contributed by atoms with E-state index in [1.807, 2.05) is 17.7 Å². The first-order valence-corrected chi connectivity index (χ1v) is 8.44. The summed E-state index contributed by atoms with van der Waals surface area (Å²) in [5, 5.41) is 5.68. The normalized spacial score (nSPS) is 11.4. The molecule has 5 nitrogen and oxygen atoms in total. The van der Waals surface area contributed by atoms with Crippen LogP contribution in [0.1, 0.15) is 28.2 Å². The third-order valence-electron chi connectivity index (χ3n) is 4.78. The van der Waals surface area contributed by atoms with Crippen molar-refractivity contribution in [3.63, 3.8) is 0 Å². The van der Waals surface area contributed by atoms with Gasteiger partial charge >= 0.3 is 0 Å². The van der Waals surface area contributed by atoms with E-state index in [-0.39, 0.29) is 0 Å². The van der Waals surface area contributed by atoms with E-state index in [1.54, 1.807) is 6.33 Å². The van der Waals surface area contributed by atoms with Crippen LogP contribution in [0.2, 0.25) is 0 Å². The third-order valence-corrected chi connectivity index (χ3v) is 4.78. The molecule has 0 atom stereocenters. The van der Waals surface area contributed by atoms with Gasteiger partial charge in [0.25, 0.3) is 0 Å². The van der Waals surface area contributed by atoms with Gasteiger partial charge in [0.1, 0.15) is 12.0 Å². The Kier molecular flexibility index (Phi) is 3.64.